The smallest absolute Gasteiger partial charge is 0.160 e. The number of benzene rings is 9. The van der Waals surface area contributed by atoms with Gasteiger partial charge in [-0.25, -0.2) is 0 Å². The first kappa shape index (κ1) is 34.4. The lowest BCUT2D eigenvalue weighted by atomic mass is 9.82. The molecule has 0 bridgehead atoms. The van der Waals surface area contributed by atoms with Crippen LogP contribution in [-0.4, -0.2) is 4.57 Å². The molecule has 0 spiro atoms. The van der Waals surface area contributed by atoms with E-state index in [9.17, 15) is 0 Å². The number of furan rings is 1. The van der Waals surface area contributed by atoms with Crippen molar-refractivity contribution in [3.05, 3.63) is 217 Å². The van der Waals surface area contributed by atoms with Crippen LogP contribution >= 0.6 is 0 Å². The monoisotopic (exact) mass is 768 g/mol. The molecule has 0 saturated heterocycles. The maximum absolute atomic E-state index is 6.59. The van der Waals surface area contributed by atoms with Gasteiger partial charge in [-0.05, 0) is 111 Å². The molecule has 0 unspecified atom stereocenters. The predicted molar refractivity (Wildman–Crippen MR) is 251 cm³/mol. The van der Waals surface area contributed by atoms with Crippen molar-refractivity contribution in [2.45, 2.75) is 19.3 Å². The van der Waals surface area contributed by atoms with Gasteiger partial charge in [0.1, 0.15) is 5.58 Å². The molecule has 2 heterocycles. The lowest BCUT2D eigenvalue weighted by Gasteiger charge is -2.28. The molecule has 1 aliphatic rings. The second-order valence-electron chi connectivity index (χ2n) is 16.5. The zero-order valence-electron chi connectivity index (χ0n) is 33.4. The first-order valence-corrected chi connectivity index (χ1v) is 20.8. The van der Waals surface area contributed by atoms with E-state index in [1.165, 1.54) is 44.2 Å². The van der Waals surface area contributed by atoms with Crippen LogP contribution in [0.15, 0.2) is 211 Å². The van der Waals surface area contributed by atoms with Crippen LogP contribution in [0.1, 0.15) is 25.0 Å². The third-order valence-electron chi connectivity index (χ3n) is 12.8. The molecule has 9 aromatic carbocycles. The number of aromatic nitrogens is 1. The molecule has 1 aliphatic carbocycles. The number of anilines is 3. The summed E-state index contributed by atoms with van der Waals surface area (Å²) in [5.41, 5.74) is 18.6. The summed E-state index contributed by atoms with van der Waals surface area (Å²) in [6.45, 7) is 4.70. The van der Waals surface area contributed by atoms with Crippen LogP contribution in [0.3, 0.4) is 0 Å². The van der Waals surface area contributed by atoms with Gasteiger partial charge in [-0.15, -0.1) is 0 Å². The molecule has 2 aromatic heterocycles. The number of hydrogen-bond donors (Lipinski definition) is 0. The Bertz CT molecular complexity index is 3420. The fraction of sp³-hybridized carbons (Fsp3) is 0.0526. The Morgan fingerprint density at radius 2 is 0.967 bits per heavy atom. The summed E-state index contributed by atoms with van der Waals surface area (Å²) >= 11 is 0. The van der Waals surface area contributed by atoms with Gasteiger partial charge in [0, 0.05) is 49.7 Å². The van der Waals surface area contributed by atoms with Gasteiger partial charge < -0.3 is 13.9 Å². The average Bonchev–Trinajstić information content (AvgIpc) is 3.93. The van der Waals surface area contributed by atoms with Crippen LogP contribution in [0.5, 0.6) is 0 Å². The highest BCUT2D eigenvalue weighted by Gasteiger charge is 2.35. The number of hydrogen-bond acceptors (Lipinski definition) is 2. The van der Waals surface area contributed by atoms with Crippen LogP contribution < -0.4 is 4.90 Å². The summed E-state index contributed by atoms with van der Waals surface area (Å²) in [6.07, 6.45) is 0. The van der Waals surface area contributed by atoms with Crippen molar-refractivity contribution in [3.8, 4) is 39.1 Å². The minimum atomic E-state index is -0.0991. The molecule has 0 amide bonds. The molecule has 284 valence electrons. The van der Waals surface area contributed by atoms with E-state index in [4.69, 9.17) is 4.42 Å². The molecule has 3 heteroatoms. The van der Waals surface area contributed by atoms with Gasteiger partial charge >= 0.3 is 0 Å². The van der Waals surface area contributed by atoms with Crippen molar-refractivity contribution < 1.29 is 4.42 Å². The number of fused-ring (bicyclic) bond motifs is 10. The minimum Gasteiger partial charge on any atom is -0.454 e. The lowest BCUT2D eigenvalue weighted by molar-refractivity contribution is 0.660. The highest BCUT2D eigenvalue weighted by atomic mass is 16.3. The quantitative estimate of drug-likeness (QED) is 0.168. The summed E-state index contributed by atoms with van der Waals surface area (Å²) in [7, 11) is 0. The maximum atomic E-state index is 6.59. The third kappa shape index (κ3) is 5.22. The van der Waals surface area contributed by atoms with Gasteiger partial charge in [-0.1, -0.05) is 153 Å². The second-order valence-corrected chi connectivity index (χ2v) is 16.5. The van der Waals surface area contributed by atoms with E-state index in [0.29, 0.717) is 0 Å². The van der Waals surface area contributed by atoms with E-state index in [2.05, 4.69) is 224 Å². The van der Waals surface area contributed by atoms with Crippen molar-refractivity contribution in [1.82, 2.24) is 4.57 Å². The summed E-state index contributed by atoms with van der Waals surface area (Å²) in [5.74, 6) is 0. The van der Waals surface area contributed by atoms with Gasteiger partial charge in [-0.3, -0.25) is 0 Å². The average molecular weight is 769 g/mol. The molecular formula is C57H40N2O. The van der Waals surface area contributed by atoms with E-state index in [0.717, 1.165) is 66.8 Å². The fourth-order valence-corrected chi connectivity index (χ4v) is 9.82. The Kier molecular flexibility index (Phi) is 7.58. The molecule has 60 heavy (non-hydrogen) atoms. The molecule has 0 saturated carbocycles. The summed E-state index contributed by atoms with van der Waals surface area (Å²) in [5, 5.41) is 4.67. The van der Waals surface area contributed by atoms with E-state index < -0.39 is 0 Å². The second kappa shape index (κ2) is 13.2. The molecule has 12 rings (SSSR count). The molecule has 0 atom stereocenters. The highest BCUT2D eigenvalue weighted by Crippen LogP contribution is 2.51. The predicted octanol–water partition coefficient (Wildman–Crippen LogP) is 15.8. The van der Waals surface area contributed by atoms with Crippen LogP contribution in [0.25, 0.3) is 82.8 Å². The van der Waals surface area contributed by atoms with Gasteiger partial charge in [0.25, 0.3) is 0 Å². The Balaban J connectivity index is 0.933. The maximum Gasteiger partial charge on any atom is 0.160 e. The van der Waals surface area contributed by atoms with Gasteiger partial charge in [-0.2, -0.15) is 0 Å². The van der Waals surface area contributed by atoms with Crippen molar-refractivity contribution in [3.63, 3.8) is 0 Å². The van der Waals surface area contributed by atoms with E-state index in [-0.39, 0.29) is 5.41 Å². The van der Waals surface area contributed by atoms with Gasteiger partial charge in [0.15, 0.2) is 5.58 Å². The molecule has 0 N–H and O–H groups in total. The summed E-state index contributed by atoms with van der Waals surface area (Å²) in [6, 6.07) is 74.8. The van der Waals surface area contributed by atoms with E-state index in [1.807, 2.05) is 6.07 Å². The molecule has 0 aliphatic heterocycles. The highest BCUT2D eigenvalue weighted by molar-refractivity contribution is 6.21. The molecule has 3 nitrogen and oxygen atoms in total. The van der Waals surface area contributed by atoms with Crippen molar-refractivity contribution in [1.29, 1.82) is 0 Å². The zero-order valence-corrected chi connectivity index (χ0v) is 33.4. The molecule has 0 fully saturated rings. The molecular weight excluding hydrogens is 729 g/mol. The Labute approximate surface area is 349 Å². The van der Waals surface area contributed by atoms with E-state index in [1.54, 1.807) is 0 Å². The summed E-state index contributed by atoms with van der Waals surface area (Å²) in [4.78, 5) is 2.39. The van der Waals surface area contributed by atoms with Crippen molar-refractivity contribution in [2.24, 2.45) is 0 Å². The number of para-hydroxylation sites is 2. The van der Waals surface area contributed by atoms with Gasteiger partial charge in [0.05, 0.1) is 11.0 Å². The standard InChI is InChI=1S/C57H40N2O/c1-57(2)51-17-9-6-14-45(51)46-33-32-44(36-52(46)57)58(41-26-20-38(21-27-41)37-12-4-3-5-13-37)42-28-22-39(23-29-42)40-24-30-43(31-25-40)59-53-18-10-7-15-47(53)49-34-35-50-48-16-8-11-19-54(48)60-56(50)55(49)59/h3-36H,1-2H3. The third-order valence-corrected chi connectivity index (χ3v) is 12.8. The van der Waals surface area contributed by atoms with Crippen molar-refractivity contribution >= 4 is 60.8 Å². The fourth-order valence-electron chi connectivity index (χ4n) is 9.82. The van der Waals surface area contributed by atoms with Crippen molar-refractivity contribution in [2.75, 3.05) is 4.90 Å². The Morgan fingerprint density at radius 1 is 0.417 bits per heavy atom. The van der Waals surface area contributed by atoms with Crippen LogP contribution in [0, 0.1) is 0 Å². The topological polar surface area (TPSA) is 21.3 Å². The SMILES string of the molecule is CC1(C)c2ccccc2-c2ccc(N(c3ccc(-c4ccccc4)cc3)c3ccc(-c4ccc(-n5c6ccccc6c6ccc7c8ccccc8oc7c65)cc4)cc3)cc21. The van der Waals surface area contributed by atoms with Crippen LogP contribution in [-0.2, 0) is 5.41 Å². The van der Waals surface area contributed by atoms with Gasteiger partial charge in [0.2, 0.25) is 0 Å². The zero-order chi connectivity index (χ0) is 40.0. The Morgan fingerprint density at radius 3 is 1.70 bits per heavy atom. The number of rotatable bonds is 6. The first-order valence-electron chi connectivity index (χ1n) is 20.8. The van der Waals surface area contributed by atoms with E-state index >= 15 is 0 Å². The van der Waals surface area contributed by atoms with Crippen LogP contribution in [0.2, 0.25) is 0 Å². The molecule has 0 radical (unpaired) electrons. The molecule has 11 aromatic rings. The lowest BCUT2D eigenvalue weighted by Crippen LogP contribution is -2.16. The summed E-state index contributed by atoms with van der Waals surface area (Å²) < 4.78 is 8.95. The van der Waals surface area contributed by atoms with Crippen LogP contribution in [0.4, 0.5) is 17.1 Å². The minimum absolute atomic E-state index is 0.0991. The Hall–Kier alpha value is -7.62. The largest absolute Gasteiger partial charge is 0.454 e. The normalized spacial score (nSPS) is 13.0. The number of nitrogens with zero attached hydrogens (tertiary/aromatic N) is 2. The first-order chi connectivity index (χ1) is 29.5.